The number of hydrogen-bond acceptors (Lipinski definition) is 4. The molecule has 0 unspecified atom stereocenters. The van der Waals surface area contributed by atoms with Gasteiger partial charge in [0.2, 0.25) is 0 Å². The third-order valence-corrected chi connectivity index (χ3v) is 5.84. The summed E-state index contributed by atoms with van der Waals surface area (Å²) in [6.45, 7) is 4.06. The second-order valence-electron chi connectivity index (χ2n) is 5.85. The molecule has 1 fully saturated rings. The average molecular weight is 374 g/mol. The number of likely N-dealkylation sites (tertiary alicyclic amines) is 1. The first kappa shape index (κ1) is 16.9. The zero-order chi connectivity index (χ0) is 15.4. The van der Waals surface area contributed by atoms with E-state index in [2.05, 4.69) is 39.8 Å². The van der Waals surface area contributed by atoms with Gasteiger partial charge in [0.05, 0.1) is 8.66 Å². The predicted molar refractivity (Wildman–Crippen MR) is 92.1 cm³/mol. The van der Waals surface area contributed by atoms with E-state index in [4.69, 9.17) is 0 Å². The molecule has 6 heteroatoms. The zero-order valence-corrected chi connectivity index (χ0v) is 15.4. The number of amides is 1. The van der Waals surface area contributed by atoms with Crippen molar-refractivity contribution in [2.45, 2.75) is 18.9 Å². The molecule has 2 rings (SSSR count). The van der Waals surface area contributed by atoms with E-state index in [-0.39, 0.29) is 5.91 Å². The third-order valence-electron chi connectivity index (χ3n) is 4.23. The number of halogens is 1. The van der Waals surface area contributed by atoms with Gasteiger partial charge in [0.25, 0.3) is 5.91 Å². The Morgan fingerprint density at radius 3 is 2.57 bits per heavy atom. The molecule has 0 N–H and O–H groups in total. The largest absolute Gasteiger partial charge is 0.340 e. The molecule has 0 atom stereocenters. The van der Waals surface area contributed by atoms with Crippen LogP contribution < -0.4 is 0 Å². The van der Waals surface area contributed by atoms with Gasteiger partial charge in [-0.1, -0.05) is 0 Å². The van der Waals surface area contributed by atoms with Crippen molar-refractivity contribution < 1.29 is 4.79 Å². The summed E-state index contributed by atoms with van der Waals surface area (Å²) in [4.78, 5) is 19.7. The van der Waals surface area contributed by atoms with Crippen LogP contribution in [0.1, 0.15) is 22.5 Å². The Morgan fingerprint density at radius 1 is 1.33 bits per heavy atom. The number of rotatable bonds is 5. The van der Waals surface area contributed by atoms with Crippen molar-refractivity contribution in [1.82, 2.24) is 14.7 Å². The lowest BCUT2D eigenvalue weighted by molar-refractivity contribution is 0.0763. The molecule has 0 bridgehead atoms. The summed E-state index contributed by atoms with van der Waals surface area (Å²) in [6.07, 6.45) is 2.45. The van der Waals surface area contributed by atoms with Gasteiger partial charge in [-0.3, -0.25) is 4.79 Å². The molecule has 1 aromatic heterocycles. The van der Waals surface area contributed by atoms with Crippen LogP contribution in [0, 0.1) is 0 Å². The molecule has 1 amide bonds. The van der Waals surface area contributed by atoms with Crippen LogP contribution in [0.2, 0.25) is 0 Å². The molecule has 0 saturated carbocycles. The van der Waals surface area contributed by atoms with Gasteiger partial charge >= 0.3 is 0 Å². The molecule has 118 valence electrons. The lowest BCUT2D eigenvalue weighted by Crippen LogP contribution is -2.44. The van der Waals surface area contributed by atoms with Crippen molar-refractivity contribution in [3.05, 3.63) is 20.8 Å². The summed E-state index contributed by atoms with van der Waals surface area (Å²) < 4.78 is 1.00. The summed E-state index contributed by atoms with van der Waals surface area (Å²) in [6, 6.07) is 4.46. The van der Waals surface area contributed by atoms with Crippen LogP contribution in [0.3, 0.4) is 0 Å². The van der Waals surface area contributed by atoms with E-state index in [0.29, 0.717) is 6.04 Å². The normalized spacial score (nSPS) is 17.4. The van der Waals surface area contributed by atoms with E-state index in [0.717, 1.165) is 21.8 Å². The summed E-state index contributed by atoms with van der Waals surface area (Å²) in [5.41, 5.74) is 0. The van der Waals surface area contributed by atoms with Crippen molar-refractivity contribution >= 4 is 33.2 Å². The summed E-state index contributed by atoms with van der Waals surface area (Å²) >= 11 is 4.90. The molecule has 0 aromatic carbocycles. The highest BCUT2D eigenvalue weighted by Crippen LogP contribution is 2.23. The third kappa shape index (κ3) is 4.77. The maximum atomic E-state index is 12.3. The Morgan fingerprint density at radius 2 is 2.00 bits per heavy atom. The van der Waals surface area contributed by atoms with E-state index in [1.54, 1.807) is 0 Å². The lowest BCUT2D eigenvalue weighted by Gasteiger charge is -2.35. The smallest absolute Gasteiger partial charge is 0.263 e. The van der Waals surface area contributed by atoms with Gasteiger partial charge in [-0.25, -0.2) is 0 Å². The molecule has 1 aliphatic heterocycles. The van der Waals surface area contributed by atoms with Gasteiger partial charge in [0, 0.05) is 26.2 Å². The molecule has 4 nitrogen and oxygen atoms in total. The maximum Gasteiger partial charge on any atom is 0.263 e. The minimum absolute atomic E-state index is 0.113. The second-order valence-corrected chi connectivity index (χ2v) is 8.31. The van der Waals surface area contributed by atoms with Gasteiger partial charge in [0.1, 0.15) is 0 Å². The Bertz CT molecular complexity index is 471. The number of carbonyl (C=O) groups is 1. The van der Waals surface area contributed by atoms with Crippen LogP contribution in [0.5, 0.6) is 0 Å². The van der Waals surface area contributed by atoms with Gasteiger partial charge in [-0.15, -0.1) is 11.3 Å². The lowest BCUT2D eigenvalue weighted by atomic mass is 10.0. The van der Waals surface area contributed by atoms with E-state index >= 15 is 0 Å². The number of thiophene rings is 1. The summed E-state index contributed by atoms with van der Waals surface area (Å²) in [5, 5.41) is 0. The molecule has 21 heavy (non-hydrogen) atoms. The van der Waals surface area contributed by atoms with Crippen LogP contribution in [-0.4, -0.2) is 74.0 Å². The van der Waals surface area contributed by atoms with Crippen molar-refractivity contribution in [3.8, 4) is 0 Å². The van der Waals surface area contributed by atoms with Crippen molar-refractivity contribution in [3.63, 3.8) is 0 Å². The number of hydrogen-bond donors (Lipinski definition) is 0. The van der Waals surface area contributed by atoms with E-state index in [1.807, 2.05) is 24.1 Å². The van der Waals surface area contributed by atoms with Crippen LogP contribution in [0.4, 0.5) is 0 Å². The topological polar surface area (TPSA) is 26.8 Å². The highest BCUT2D eigenvalue weighted by molar-refractivity contribution is 9.11. The molecule has 2 heterocycles. The molecule has 0 aliphatic carbocycles. The number of piperidine rings is 1. The highest BCUT2D eigenvalue weighted by atomic mass is 79.9. The van der Waals surface area contributed by atoms with Gasteiger partial charge in [-0.05, 0) is 68.1 Å². The first-order valence-corrected chi connectivity index (χ1v) is 8.98. The van der Waals surface area contributed by atoms with Gasteiger partial charge in [-0.2, -0.15) is 0 Å². The first-order valence-electron chi connectivity index (χ1n) is 7.37. The quantitative estimate of drug-likeness (QED) is 0.793. The first-order chi connectivity index (χ1) is 9.97. The fourth-order valence-corrected chi connectivity index (χ4v) is 4.03. The van der Waals surface area contributed by atoms with Crippen LogP contribution in [-0.2, 0) is 0 Å². The Labute approximate surface area is 139 Å². The molecular formula is C15H24BrN3OS. The zero-order valence-electron chi connectivity index (χ0n) is 13.0. The van der Waals surface area contributed by atoms with Gasteiger partial charge < -0.3 is 14.7 Å². The molecule has 1 saturated heterocycles. The fraction of sp³-hybridized carbons (Fsp3) is 0.667. The molecule has 1 aromatic rings. The Kier molecular flexibility index (Phi) is 6.22. The fourth-order valence-electron chi connectivity index (χ4n) is 2.64. The maximum absolute atomic E-state index is 12.3. The van der Waals surface area contributed by atoms with Crippen molar-refractivity contribution in [1.29, 1.82) is 0 Å². The molecule has 1 aliphatic rings. The van der Waals surface area contributed by atoms with E-state index < -0.39 is 0 Å². The Hall–Kier alpha value is -0.430. The number of nitrogens with zero attached hydrogens (tertiary/aromatic N) is 3. The number of likely N-dealkylation sites (N-methyl/N-ethyl adjacent to an activating group) is 2. The second kappa shape index (κ2) is 7.72. The molecule has 0 spiro atoms. The highest BCUT2D eigenvalue weighted by Gasteiger charge is 2.21. The average Bonchev–Trinajstić information content (AvgIpc) is 2.91. The minimum atomic E-state index is 0.113. The van der Waals surface area contributed by atoms with E-state index in [9.17, 15) is 4.79 Å². The minimum Gasteiger partial charge on any atom is -0.340 e. The van der Waals surface area contributed by atoms with E-state index in [1.165, 1.54) is 37.3 Å². The van der Waals surface area contributed by atoms with Crippen LogP contribution in [0.15, 0.2) is 15.9 Å². The SMILES string of the molecule is CN1CCC(N(C)CCN(C)C(=O)c2ccc(Br)s2)CC1. The monoisotopic (exact) mass is 373 g/mol. The summed E-state index contributed by atoms with van der Waals surface area (Å²) in [5.74, 6) is 0.113. The predicted octanol–water partition coefficient (Wildman–Crippen LogP) is 2.61. The van der Waals surface area contributed by atoms with Gasteiger partial charge in [0.15, 0.2) is 0 Å². The standard InChI is InChI=1S/C15H24BrN3OS/c1-17-8-6-12(7-9-17)18(2)10-11-19(3)15(20)13-4-5-14(16)21-13/h4-5,12H,6-11H2,1-3H3. The van der Waals surface area contributed by atoms with Crippen molar-refractivity contribution in [2.75, 3.05) is 47.3 Å². The summed E-state index contributed by atoms with van der Waals surface area (Å²) in [7, 11) is 6.25. The number of carbonyl (C=O) groups excluding carboxylic acids is 1. The van der Waals surface area contributed by atoms with Crippen LogP contribution in [0.25, 0.3) is 0 Å². The molecular weight excluding hydrogens is 350 g/mol. The Balaban J connectivity index is 1.78. The van der Waals surface area contributed by atoms with Crippen LogP contribution >= 0.6 is 27.3 Å². The van der Waals surface area contributed by atoms with Crippen molar-refractivity contribution in [2.24, 2.45) is 0 Å². The molecule has 0 radical (unpaired) electrons.